The highest BCUT2D eigenvalue weighted by atomic mass is 31.2. The van der Waals surface area contributed by atoms with E-state index in [4.69, 9.17) is 19.2 Å². The van der Waals surface area contributed by atoms with E-state index < -0.39 is 7.82 Å². The zero-order chi connectivity index (χ0) is 16.8. The first kappa shape index (κ1) is 26.9. The molecule has 22 heavy (non-hydrogen) atoms. The first-order chi connectivity index (χ1) is 9.56. The Morgan fingerprint density at radius 1 is 0.818 bits per heavy atom. The van der Waals surface area contributed by atoms with E-state index in [9.17, 15) is 0 Å². The Hall–Kier alpha value is 0.0300. The second-order valence-electron chi connectivity index (χ2n) is 6.69. The van der Waals surface area contributed by atoms with Gasteiger partial charge in [-0.25, -0.2) is 0 Å². The lowest BCUT2D eigenvalue weighted by molar-refractivity contribution is -0.870. The molecular weight excluding hydrogens is 303 g/mol. The minimum Gasteiger partial charge on any atom is -0.756 e. The second kappa shape index (κ2) is 15.9. The van der Waals surface area contributed by atoms with Gasteiger partial charge in [0.15, 0.2) is 0 Å². The maximum absolute atomic E-state index is 8.77. The van der Waals surface area contributed by atoms with Crippen LogP contribution in [0.25, 0.3) is 0 Å². The summed E-state index contributed by atoms with van der Waals surface area (Å²) in [5.41, 5.74) is 0. The molecule has 0 aromatic rings. The maximum atomic E-state index is 8.77. The van der Waals surface area contributed by atoms with Crippen LogP contribution in [0.2, 0.25) is 0 Å². The third-order valence-corrected chi connectivity index (χ3v) is 3.18. The highest BCUT2D eigenvalue weighted by Crippen LogP contribution is 2.19. The normalized spacial score (nSPS) is 11.4. The zero-order valence-electron chi connectivity index (χ0n) is 15.1. The van der Waals surface area contributed by atoms with Crippen molar-refractivity contribution in [2.45, 2.75) is 71.1 Å². The fourth-order valence-electron chi connectivity index (χ4n) is 2.07. The van der Waals surface area contributed by atoms with Gasteiger partial charge in [-0.1, -0.05) is 58.3 Å². The van der Waals surface area contributed by atoms with Crippen molar-refractivity contribution in [1.82, 2.24) is 6.15 Å². The van der Waals surface area contributed by atoms with Crippen molar-refractivity contribution < 1.29 is 23.7 Å². The fourth-order valence-corrected chi connectivity index (χ4v) is 2.07. The second-order valence-corrected chi connectivity index (χ2v) is 7.67. The van der Waals surface area contributed by atoms with Crippen molar-refractivity contribution in [3.8, 4) is 0 Å². The third kappa shape index (κ3) is 42.7. The highest BCUT2D eigenvalue weighted by Gasteiger charge is 2.04. The highest BCUT2D eigenvalue weighted by molar-refractivity contribution is 7.43. The summed E-state index contributed by atoms with van der Waals surface area (Å²) in [6.45, 7) is 3.62. The molecule has 0 radical (unpaired) electrons. The average molecular weight is 342 g/mol. The molecular formula is C15H39N2O4P. The van der Waals surface area contributed by atoms with Crippen LogP contribution in [0, 0.1) is 0 Å². The fraction of sp³-hybridized carbons (Fsp3) is 1.00. The van der Waals surface area contributed by atoms with Crippen molar-refractivity contribution >= 4 is 7.82 Å². The first-order valence-electron chi connectivity index (χ1n) is 8.13. The smallest absolute Gasteiger partial charge is 0.262 e. The number of quaternary nitrogens is 1. The van der Waals surface area contributed by atoms with Crippen LogP contribution in [0.3, 0.4) is 0 Å². The Balaban J connectivity index is -0.000000520. The Labute approximate surface area is 137 Å². The summed E-state index contributed by atoms with van der Waals surface area (Å²) < 4.78 is 9.89. The minimum atomic E-state index is -4.89. The molecule has 0 fully saturated rings. The van der Waals surface area contributed by atoms with Crippen molar-refractivity contribution in [3.63, 3.8) is 0 Å². The van der Waals surface area contributed by atoms with E-state index in [0.29, 0.717) is 0 Å². The van der Waals surface area contributed by atoms with Gasteiger partial charge in [0.25, 0.3) is 7.82 Å². The van der Waals surface area contributed by atoms with Crippen molar-refractivity contribution in [2.75, 3.05) is 27.7 Å². The van der Waals surface area contributed by atoms with Crippen LogP contribution >= 0.6 is 7.82 Å². The molecule has 0 spiro atoms. The van der Waals surface area contributed by atoms with Gasteiger partial charge in [0.05, 0.1) is 27.7 Å². The lowest BCUT2D eigenvalue weighted by Gasteiger charge is -2.23. The molecule has 0 heterocycles. The first-order valence-corrected chi connectivity index (χ1v) is 9.66. The topological polar surface area (TPSA) is 116 Å². The van der Waals surface area contributed by atoms with E-state index in [-0.39, 0.29) is 6.15 Å². The summed E-state index contributed by atoms with van der Waals surface area (Å²) in [5, 5.41) is 0. The van der Waals surface area contributed by atoms with Crippen LogP contribution in [0.5, 0.6) is 0 Å². The van der Waals surface area contributed by atoms with Crippen molar-refractivity contribution in [1.29, 1.82) is 0 Å². The van der Waals surface area contributed by atoms with Crippen molar-refractivity contribution in [2.24, 2.45) is 0 Å². The van der Waals surface area contributed by atoms with Gasteiger partial charge in [-0.05, 0) is 12.8 Å². The summed E-state index contributed by atoms with van der Waals surface area (Å²) in [6, 6.07) is 0. The number of hydrogen-bond donors (Lipinski definition) is 3. The summed E-state index contributed by atoms with van der Waals surface area (Å²) in [4.78, 5) is 22.9. The molecule has 0 aliphatic carbocycles. The Bertz CT molecular complexity index is 256. The SMILES string of the molecule is CCCCCCCCCCCC[N+](C)(C)C.N.O=P([O-])(O)O. The molecule has 138 valence electrons. The molecule has 0 aromatic heterocycles. The molecule has 0 aliphatic heterocycles. The van der Waals surface area contributed by atoms with Gasteiger partial charge in [-0.3, -0.25) is 4.57 Å². The molecule has 5 N–H and O–H groups in total. The van der Waals surface area contributed by atoms with Crippen LogP contribution in [0.15, 0.2) is 0 Å². The summed E-state index contributed by atoms with van der Waals surface area (Å²) >= 11 is 0. The average Bonchev–Trinajstić information content (AvgIpc) is 2.28. The zero-order valence-corrected chi connectivity index (χ0v) is 16.0. The van der Waals surface area contributed by atoms with E-state index in [2.05, 4.69) is 28.1 Å². The van der Waals surface area contributed by atoms with Gasteiger partial charge >= 0.3 is 0 Å². The van der Waals surface area contributed by atoms with E-state index in [1.807, 2.05) is 0 Å². The molecule has 6 nitrogen and oxygen atoms in total. The molecule has 0 bridgehead atoms. The van der Waals surface area contributed by atoms with E-state index in [0.717, 1.165) is 4.48 Å². The Morgan fingerprint density at radius 2 is 1.09 bits per heavy atom. The Kier molecular flexibility index (Phi) is 19.5. The van der Waals surface area contributed by atoms with E-state index in [1.165, 1.54) is 70.8 Å². The number of nitrogens with zero attached hydrogens (tertiary/aromatic N) is 1. The van der Waals surface area contributed by atoms with Crippen molar-refractivity contribution in [3.05, 3.63) is 0 Å². The summed E-state index contributed by atoms with van der Waals surface area (Å²) in [6.07, 6.45) is 14.4. The standard InChI is InChI=1S/C15H34N.H3N.H3O4P/c1-5-6-7-8-9-10-11-12-13-14-15-16(2,3)4;;1-5(2,3)4/h5-15H2,1-4H3;1H3;(H3,1,2,3,4)/q+1;;/p-1. The summed E-state index contributed by atoms with van der Waals surface area (Å²) in [7, 11) is 1.97. The van der Waals surface area contributed by atoms with Gasteiger partial charge in [0.2, 0.25) is 0 Å². The van der Waals surface area contributed by atoms with Crippen LogP contribution in [-0.2, 0) is 4.57 Å². The Morgan fingerprint density at radius 3 is 1.36 bits per heavy atom. The molecule has 0 rings (SSSR count). The lowest BCUT2D eigenvalue weighted by Crippen LogP contribution is -2.35. The van der Waals surface area contributed by atoms with Gasteiger partial charge < -0.3 is 25.3 Å². The van der Waals surface area contributed by atoms with Gasteiger partial charge in [-0.2, -0.15) is 0 Å². The molecule has 0 saturated carbocycles. The lowest BCUT2D eigenvalue weighted by atomic mass is 10.1. The summed E-state index contributed by atoms with van der Waals surface area (Å²) in [5.74, 6) is 0. The largest absolute Gasteiger partial charge is 0.756 e. The van der Waals surface area contributed by atoms with Crippen LogP contribution < -0.4 is 11.0 Å². The molecule has 7 heteroatoms. The maximum Gasteiger partial charge on any atom is 0.262 e. The number of unbranched alkanes of at least 4 members (excludes halogenated alkanes) is 9. The molecule has 0 amide bonds. The third-order valence-electron chi connectivity index (χ3n) is 3.18. The molecule has 0 saturated heterocycles. The molecule has 0 aromatic carbocycles. The van der Waals surface area contributed by atoms with Crippen LogP contribution in [0.4, 0.5) is 0 Å². The molecule has 0 aliphatic rings. The monoisotopic (exact) mass is 342 g/mol. The predicted octanol–water partition coefficient (Wildman–Crippen LogP) is 3.21. The van der Waals surface area contributed by atoms with Gasteiger partial charge in [0.1, 0.15) is 0 Å². The number of rotatable bonds is 11. The van der Waals surface area contributed by atoms with Gasteiger partial charge in [-0.15, -0.1) is 0 Å². The minimum absolute atomic E-state index is 0. The number of phosphoric acid groups is 1. The quantitative estimate of drug-likeness (QED) is 0.303. The van der Waals surface area contributed by atoms with Gasteiger partial charge in [0, 0.05) is 0 Å². The van der Waals surface area contributed by atoms with E-state index >= 15 is 0 Å². The molecule has 0 unspecified atom stereocenters. The predicted molar refractivity (Wildman–Crippen MR) is 91.8 cm³/mol. The van der Waals surface area contributed by atoms with E-state index in [1.54, 1.807) is 0 Å². The molecule has 0 atom stereocenters. The number of hydrogen-bond acceptors (Lipinski definition) is 3. The van der Waals surface area contributed by atoms with Crippen LogP contribution in [-0.4, -0.2) is 42.0 Å². The van der Waals surface area contributed by atoms with Crippen LogP contribution in [0.1, 0.15) is 71.1 Å².